The number of hydrogen-bond acceptors (Lipinski definition) is 6. The number of anilines is 1. The van der Waals surface area contributed by atoms with Crippen molar-refractivity contribution in [1.29, 1.82) is 0 Å². The number of sulfonamides is 1. The summed E-state index contributed by atoms with van der Waals surface area (Å²) in [7, 11) is -3.68. The fourth-order valence-corrected chi connectivity index (χ4v) is 6.10. The Balaban J connectivity index is 1.11. The van der Waals surface area contributed by atoms with Crippen LogP contribution in [-0.2, 0) is 10.0 Å². The van der Waals surface area contributed by atoms with Crippen LogP contribution in [0.25, 0.3) is 11.3 Å². The predicted octanol–water partition coefficient (Wildman–Crippen LogP) is 4.91. The Bertz CT molecular complexity index is 1320. The molecule has 1 aromatic heterocycles. The van der Waals surface area contributed by atoms with Gasteiger partial charge in [-0.15, -0.1) is 0 Å². The minimum atomic E-state index is -3.68. The molecule has 0 bridgehead atoms. The zero-order chi connectivity index (χ0) is 25.0. The molecule has 0 aliphatic carbocycles. The van der Waals surface area contributed by atoms with E-state index in [9.17, 15) is 8.42 Å². The Morgan fingerprint density at radius 2 is 1.94 bits per heavy atom. The van der Waals surface area contributed by atoms with E-state index in [1.807, 2.05) is 59.6 Å². The lowest BCUT2D eigenvalue weighted by Gasteiger charge is -2.27. The first-order chi connectivity index (χ1) is 17.5. The van der Waals surface area contributed by atoms with Crippen LogP contribution in [0.2, 0.25) is 5.02 Å². The van der Waals surface area contributed by atoms with Crippen LogP contribution in [0.4, 0.5) is 5.69 Å². The van der Waals surface area contributed by atoms with Crippen LogP contribution < -0.4 is 14.4 Å². The van der Waals surface area contributed by atoms with Gasteiger partial charge in [-0.25, -0.2) is 8.42 Å². The largest absolute Gasteiger partial charge is 0.494 e. The first kappa shape index (κ1) is 24.8. The Labute approximate surface area is 217 Å². The summed E-state index contributed by atoms with van der Waals surface area (Å²) in [6, 6.07) is 18.6. The van der Waals surface area contributed by atoms with Crippen LogP contribution in [-0.4, -0.2) is 50.7 Å². The fourth-order valence-electron chi connectivity index (χ4n) is 4.46. The number of benzene rings is 2. The molecule has 5 rings (SSSR count). The van der Waals surface area contributed by atoms with E-state index in [4.69, 9.17) is 16.3 Å². The van der Waals surface area contributed by atoms with Gasteiger partial charge in [0.15, 0.2) is 0 Å². The Morgan fingerprint density at radius 3 is 2.64 bits per heavy atom. The number of likely N-dealkylation sites (tertiary alicyclic amines) is 1. The maximum atomic E-state index is 13.0. The molecule has 0 radical (unpaired) electrons. The average Bonchev–Trinajstić information content (AvgIpc) is 3.29. The molecule has 9 heteroatoms. The van der Waals surface area contributed by atoms with Crippen molar-refractivity contribution in [3.8, 4) is 17.0 Å². The third-order valence-corrected chi connectivity index (χ3v) is 8.21. The van der Waals surface area contributed by atoms with Crippen LogP contribution in [0.5, 0.6) is 5.75 Å². The topological polar surface area (TPSA) is 74.8 Å². The van der Waals surface area contributed by atoms with Crippen molar-refractivity contribution in [3.63, 3.8) is 0 Å². The average molecular weight is 525 g/mol. The summed E-state index contributed by atoms with van der Waals surface area (Å²) in [5.74, 6) is 0.808. The van der Waals surface area contributed by atoms with Gasteiger partial charge in [0.2, 0.25) is 10.0 Å². The molecular formula is C27H29ClN4O3S. The number of nitrogens with zero attached hydrogens (tertiary/aromatic N) is 3. The first-order valence-electron chi connectivity index (χ1n) is 12.1. The van der Waals surface area contributed by atoms with E-state index in [0.29, 0.717) is 11.6 Å². The lowest BCUT2D eigenvalue weighted by Crippen LogP contribution is -2.44. The quantitative estimate of drug-likeness (QED) is 0.380. The van der Waals surface area contributed by atoms with Crippen LogP contribution in [0.15, 0.2) is 84.0 Å². The van der Waals surface area contributed by atoms with Crippen molar-refractivity contribution in [2.45, 2.75) is 30.3 Å². The molecule has 3 aromatic rings. The van der Waals surface area contributed by atoms with E-state index < -0.39 is 10.0 Å². The van der Waals surface area contributed by atoms with Crippen LogP contribution in [0, 0.1) is 0 Å². The highest BCUT2D eigenvalue weighted by molar-refractivity contribution is 7.89. The molecule has 2 aliphatic rings. The molecule has 0 amide bonds. The minimum Gasteiger partial charge on any atom is -0.494 e. The van der Waals surface area contributed by atoms with Gasteiger partial charge in [-0.1, -0.05) is 17.7 Å². The first-order valence-corrected chi connectivity index (χ1v) is 14.0. The summed E-state index contributed by atoms with van der Waals surface area (Å²) in [5.41, 5.74) is 2.79. The number of pyridine rings is 1. The molecule has 1 N–H and O–H groups in total. The molecule has 2 aromatic carbocycles. The van der Waals surface area contributed by atoms with Gasteiger partial charge in [0, 0.05) is 31.0 Å². The molecule has 0 spiro atoms. The second kappa shape index (κ2) is 11.0. The summed E-state index contributed by atoms with van der Waals surface area (Å²) < 4.78 is 34.9. The number of ether oxygens (including phenoxy) is 1. The van der Waals surface area contributed by atoms with E-state index in [0.717, 1.165) is 61.6 Å². The highest BCUT2D eigenvalue weighted by Crippen LogP contribution is 2.31. The van der Waals surface area contributed by atoms with Gasteiger partial charge in [-0.2, -0.15) is 4.72 Å². The normalized spacial score (nSPS) is 17.8. The van der Waals surface area contributed by atoms with Crippen molar-refractivity contribution in [2.75, 3.05) is 31.1 Å². The summed E-state index contributed by atoms with van der Waals surface area (Å²) in [4.78, 5) is 8.70. The van der Waals surface area contributed by atoms with Gasteiger partial charge >= 0.3 is 0 Å². The lowest BCUT2D eigenvalue weighted by molar-refractivity contribution is 0.214. The molecule has 0 saturated carbocycles. The predicted molar refractivity (Wildman–Crippen MR) is 143 cm³/mol. The van der Waals surface area contributed by atoms with Gasteiger partial charge in [0.1, 0.15) is 5.75 Å². The zero-order valence-electron chi connectivity index (χ0n) is 19.9. The molecule has 1 atom stereocenters. The van der Waals surface area contributed by atoms with Gasteiger partial charge in [-0.05, 0) is 86.5 Å². The number of hydrogen-bond donors (Lipinski definition) is 1. The van der Waals surface area contributed by atoms with E-state index in [-0.39, 0.29) is 11.1 Å². The third kappa shape index (κ3) is 5.73. The standard InChI is InChI=1S/C27H29ClN4O3S/c28-24-20-23(12-13-26(24)31-16-4-17-31)36(33,34)30-27-7-3-15-32(27)18-5-19-35-22-10-8-21(9-11-22)25-6-1-2-14-29-25/h1-2,4,6,8-14,16,20,27,30H,3,5,7,15,17-19H2. The molecule has 7 nitrogen and oxygen atoms in total. The smallest absolute Gasteiger partial charge is 0.241 e. The third-order valence-electron chi connectivity index (χ3n) is 6.45. The number of aromatic nitrogens is 1. The van der Waals surface area contributed by atoms with Crippen molar-refractivity contribution in [3.05, 3.63) is 84.2 Å². The molecule has 2 aliphatic heterocycles. The number of nitrogens with one attached hydrogen (secondary N) is 1. The van der Waals surface area contributed by atoms with E-state index >= 15 is 0 Å². The van der Waals surface area contributed by atoms with Crippen molar-refractivity contribution < 1.29 is 13.2 Å². The molecule has 1 saturated heterocycles. The summed E-state index contributed by atoms with van der Waals surface area (Å²) in [5, 5.41) is 0.427. The highest BCUT2D eigenvalue weighted by atomic mass is 35.5. The molecule has 1 fully saturated rings. The molecular weight excluding hydrogens is 496 g/mol. The maximum absolute atomic E-state index is 13.0. The maximum Gasteiger partial charge on any atom is 0.241 e. The number of rotatable bonds is 10. The van der Waals surface area contributed by atoms with Crippen molar-refractivity contribution in [1.82, 2.24) is 14.6 Å². The second-order valence-electron chi connectivity index (χ2n) is 8.91. The van der Waals surface area contributed by atoms with Crippen molar-refractivity contribution >= 4 is 27.3 Å². The Kier molecular flexibility index (Phi) is 7.57. The second-order valence-corrected chi connectivity index (χ2v) is 11.0. The van der Waals surface area contributed by atoms with E-state index in [2.05, 4.69) is 14.6 Å². The molecule has 3 heterocycles. The summed E-state index contributed by atoms with van der Waals surface area (Å²) in [6.45, 7) is 2.94. The zero-order valence-corrected chi connectivity index (χ0v) is 21.5. The monoisotopic (exact) mass is 524 g/mol. The molecule has 188 valence electrons. The number of halogens is 1. The van der Waals surface area contributed by atoms with E-state index in [1.165, 1.54) is 6.07 Å². The van der Waals surface area contributed by atoms with E-state index in [1.54, 1.807) is 18.3 Å². The highest BCUT2D eigenvalue weighted by Gasteiger charge is 2.29. The van der Waals surface area contributed by atoms with Gasteiger partial charge in [-0.3, -0.25) is 9.88 Å². The Morgan fingerprint density at radius 1 is 1.11 bits per heavy atom. The van der Waals surface area contributed by atoms with Gasteiger partial charge < -0.3 is 9.64 Å². The SMILES string of the molecule is O=S(=O)(NC1CCCN1CCCOc1ccc(-c2ccccn2)cc1)c1ccc(N2C=CC2)c(Cl)c1. The van der Waals surface area contributed by atoms with Crippen LogP contribution in [0.1, 0.15) is 19.3 Å². The molecule has 36 heavy (non-hydrogen) atoms. The lowest BCUT2D eigenvalue weighted by atomic mass is 10.1. The van der Waals surface area contributed by atoms with Crippen LogP contribution >= 0.6 is 11.6 Å². The fraction of sp³-hybridized carbons (Fsp3) is 0.296. The minimum absolute atomic E-state index is 0.185. The van der Waals surface area contributed by atoms with Gasteiger partial charge in [0.05, 0.1) is 34.1 Å². The van der Waals surface area contributed by atoms with Crippen LogP contribution in [0.3, 0.4) is 0 Å². The van der Waals surface area contributed by atoms with Gasteiger partial charge in [0.25, 0.3) is 0 Å². The summed E-state index contributed by atoms with van der Waals surface area (Å²) in [6.07, 6.45) is 8.01. The summed E-state index contributed by atoms with van der Waals surface area (Å²) >= 11 is 6.37. The molecule has 1 unspecified atom stereocenters. The Hall–Kier alpha value is -2.91. The van der Waals surface area contributed by atoms with Crippen molar-refractivity contribution in [2.24, 2.45) is 0 Å².